The number of aromatic hydroxyl groups is 1. The van der Waals surface area contributed by atoms with Crippen molar-refractivity contribution in [3.63, 3.8) is 0 Å². The van der Waals surface area contributed by atoms with Crippen molar-refractivity contribution in [1.82, 2.24) is 0 Å². The molecule has 0 saturated carbocycles. The molecule has 0 fully saturated rings. The Morgan fingerprint density at radius 2 is 1.86 bits per heavy atom. The number of phenolic OH excluding ortho intramolecular Hbond substituents is 1. The zero-order valence-electron chi connectivity index (χ0n) is 6.97. The van der Waals surface area contributed by atoms with Crippen LogP contribution in [0.25, 0.3) is 0 Å². The van der Waals surface area contributed by atoms with Crippen LogP contribution in [-0.4, -0.2) is 18.2 Å². The molecule has 0 aliphatic heterocycles. The number of hydrogen-bond donors (Lipinski definition) is 1. The molecule has 0 unspecified atom stereocenters. The SMILES string of the molecule is COC(=O)c1cc(O)c(Cl)c(Cl)c1Cl. The Morgan fingerprint density at radius 1 is 1.29 bits per heavy atom. The number of carbonyl (C=O) groups excluding carboxylic acids is 1. The van der Waals surface area contributed by atoms with Gasteiger partial charge in [-0.25, -0.2) is 4.79 Å². The normalized spacial score (nSPS) is 10.0. The van der Waals surface area contributed by atoms with Crippen molar-refractivity contribution < 1.29 is 14.6 Å². The molecule has 0 aliphatic carbocycles. The van der Waals surface area contributed by atoms with Gasteiger partial charge in [-0.3, -0.25) is 0 Å². The van der Waals surface area contributed by atoms with E-state index >= 15 is 0 Å². The number of carbonyl (C=O) groups is 1. The third kappa shape index (κ3) is 1.90. The van der Waals surface area contributed by atoms with E-state index in [-0.39, 0.29) is 26.4 Å². The van der Waals surface area contributed by atoms with Crippen LogP contribution in [0.1, 0.15) is 10.4 Å². The van der Waals surface area contributed by atoms with Gasteiger partial charge in [0.1, 0.15) is 10.8 Å². The highest BCUT2D eigenvalue weighted by atomic mass is 35.5. The molecule has 3 nitrogen and oxygen atoms in total. The van der Waals surface area contributed by atoms with Crippen LogP contribution < -0.4 is 0 Å². The Balaban J connectivity index is 3.40. The van der Waals surface area contributed by atoms with Crippen molar-refractivity contribution in [2.24, 2.45) is 0 Å². The van der Waals surface area contributed by atoms with Crippen LogP contribution in [0, 0.1) is 0 Å². The molecule has 14 heavy (non-hydrogen) atoms. The first-order valence-corrected chi connectivity index (χ1v) is 4.57. The Bertz CT molecular complexity index is 390. The van der Waals surface area contributed by atoms with Gasteiger partial charge >= 0.3 is 5.97 Å². The summed E-state index contributed by atoms with van der Waals surface area (Å²) in [6, 6.07) is 1.10. The second-order valence-corrected chi connectivity index (χ2v) is 3.51. The molecule has 0 bridgehead atoms. The molecular weight excluding hydrogens is 250 g/mol. The lowest BCUT2D eigenvalue weighted by Gasteiger charge is -2.06. The van der Waals surface area contributed by atoms with Gasteiger partial charge in [0, 0.05) is 0 Å². The fourth-order valence-corrected chi connectivity index (χ4v) is 1.47. The number of esters is 1. The van der Waals surface area contributed by atoms with Crippen LogP contribution in [0.2, 0.25) is 15.1 Å². The number of phenols is 1. The van der Waals surface area contributed by atoms with E-state index in [1.54, 1.807) is 0 Å². The van der Waals surface area contributed by atoms with E-state index in [9.17, 15) is 9.90 Å². The van der Waals surface area contributed by atoms with E-state index in [0.717, 1.165) is 6.07 Å². The van der Waals surface area contributed by atoms with Gasteiger partial charge < -0.3 is 9.84 Å². The van der Waals surface area contributed by atoms with Gasteiger partial charge in [-0.2, -0.15) is 0 Å². The van der Waals surface area contributed by atoms with Crippen LogP contribution in [0.3, 0.4) is 0 Å². The minimum absolute atomic E-state index is 0.0268. The molecule has 0 aliphatic rings. The van der Waals surface area contributed by atoms with Crippen LogP contribution in [0.15, 0.2) is 6.07 Å². The summed E-state index contributed by atoms with van der Waals surface area (Å²) in [5.74, 6) is -1.01. The lowest BCUT2D eigenvalue weighted by atomic mass is 10.2. The van der Waals surface area contributed by atoms with E-state index in [2.05, 4.69) is 4.74 Å². The lowest BCUT2D eigenvalue weighted by Crippen LogP contribution is -2.02. The maximum absolute atomic E-state index is 11.1. The monoisotopic (exact) mass is 254 g/mol. The highest BCUT2D eigenvalue weighted by molar-refractivity contribution is 6.49. The number of ether oxygens (including phenoxy) is 1. The highest BCUT2D eigenvalue weighted by Gasteiger charge is 2.18. The summed E-state index contributed by atoms with van der Waals surface area (Å²) in [5, 5.41) is 9.06. The summed E-state index contributed by atoms with van der Waals surface area (Å²) in [7, 11) is 1.19. The first kappa shape index (κ1) is 11.4. The third-order valence-corrected chi connectivity index (χ3v) is 2.88. The Hall–Kier alpha value is -0.640. The first-order valence-electron chi connectivity index (χ1n) is 3.43. The van der Waals surface area contributed by atoms with E-state index in [0.29, 0.717) is 0 Å². The van der Waals surface area contributed by atoms with Crippen molar-refractivity contribution in [3.8, 4) is 5.75 Å². The summed E-state index contributed by atoms with van der Waals surface area (Å²) < 4.78 is 4.43. The molecule has 1 aromatic rings. The fourth-order valence-electron chi connectivity index (χ4n) is 0.849. The number of halogens is 3. The van der Waals surface area contributed by atoms with E-state index < -0.39 is 5.97 Å². The topological polar surface area (TPSA) is 46.5 Å². The van der Waals surface area contributed by atoms with Crippen molar-refractivity contribution in [2.75, 3.05) is 7.11 Å². The summed E-state index contributed by atoms with van der Waals surface area (Å²) in [6.07, 6.45) is 0. The van der Waals surface area contributed by atoms with Crippen LogP contribution in [0.4, 0.5) is 0 Å². The Morgan fingerprint density at radius 3 is 2.36 bits per heavy atom. The second kappa shape index (κ2) is 4.26. The minimum atomic E-state index is -0.691. The van der Waals surface area contributed by atoms with Gasteiger partial charge in [-0.05, 0) is 6.07 Å². The Kier molecular flexibility index (Phi) is 3.48. The molecule has 0 saturated heterocycles. The highest BCUT2D eigenvalue weighted by Crippen LogP contribution is 2.39. The fraction of sp³-hybridized carbons (Fsp3) is 0.125. The average Bonchev–Trinajstić information content (AvgIpc) is 2.19. The average molecular weight is 255 g/mol. The van der Waals surface area contributed by atoms with Crippen molar-refractivity contribution >= 4 is 40.8 Å². The number of hydrogen-bond acceptors (Lipinski definition) is 3. The van der Waals surface area contributed by atoms with Gasteiger partial charge in [0.2, 0.25) is 0 Å². The molecule has 0 radical (unpaired) electrons. The summed E-state index contributed by atoms with van der Waals surface area (Å²) in [4.78, 5) is 11.1. The zero-order valence-corrected chi connectivity index (χ0v) is 9.24. The van der Waals surface area contributed by atoms with Gasteiger partial charge in [-0.15, -0.1) is 0 Å². The molecule has 0 aromatic heterocycles. The maximum Gasteiger partial charge on any atom is 0.339 e. The molecule has 6 heteroatoms. The largest absolute Gasteiger partial charge is 0.506 e. The molecule has 0 atom stereocenters. The van der Waals surface area contributed by atoms with Crippen molar-refractivity contribution in [3.05, 3.63) is 26.7 Å². The summed E-state index contributed by atoms with van der Waals surface area (Å²) >= 11 is 17.0. The molecule has 0 spiro atoms. The summed E-state index contributed by atoms with van der Waals surface area (Å²) in [5.41, 5.74) is -0.0268. The van der Waals surface area contributed by atoms with Gasteiger partial charge in [-0.1, -0.05) is 34.8 Å². The molecule has 1 N–H and O–H groups in total. The van der Waals surface area contributed by atoms with Gasteiger partial charge in [0.05, 0.1) is 22.7 Å². The Labute approximate surface area is 95.1 Å². The predicted octanol–water partition coefficient (Wildman–Crippen LogP) is 3.14. The molecule has 1 aromatic carbocycles. The van der Waals surface area contributed by atoms with Gasteiger partial charge in [0.25, 0.3) is 0 Å². The maximum atomic E-state index is 11.1. The zero-order chi connectivity index (χ0) is 10.9. The van der Waals surface area contributed by atoms with Crippen LogP contribution in [0.5, 0.6) is 5.75 Å². The number of rotatable bonds is 1. The lowest BCUT2D eigenvalue weighted by molar-refractivity contribution is 0.0600. The number of benzene rings is 1. The molecule has 0 amide bonds. The number of methoxy groups -OCH3 is 1. The molecule has 1 rings (SSSR count). The third-order valence-electron chi connectivity index (χ3n) is 1.53. The van der Waals surface area contributed by atoms with E-state index in [1.807, 2.05) is 0 Å². The van der Waals surface area contributed by atoms with Crippen molar-refractivity contribution in [1.29, 1.82) is 0 Å². The second-order valence-electron chi connectivity index (χ2n) is 2.38. The molecular formula is C8H5Cl3O3. The molecule has 76 valence electrons. The standard InChI is InChI=1S/C8H5Cl3O3/c1-14-8(13)3-2-4(12)6(10)7(11)5(3)9/h2,12H,1H3. The smallest absolute Gasteiger partial charge is 0.339 e. The predicted molar refractivity (Wildman–Crippen MR) is 54.5 cm³/mol. The van der Waals surface area contributed by atoms with Gasteiger partial charge in [0.15, 0.2) is 0 Å². The summed E-state index contributed by atoms with van der Waals surface area (Å²) in [6.45, 7) is 0. The van der Waals surface area contributed by atoms with E-state index in [1.165, 1.54) is 7.11 Å². The quantitative estimate of drug-likeness (QED) is 0.619. The van der Waals surface area contributed by atoms with Crippen LogP contribution >= 0.6 is 34.8 Å². The van der Waals surface area contributed by atoms with Crippen molar-refractivity contribution in [2.45, 2.75) is 0 Å². The molecule has 0 heterocycles. The first-order chi connectivity index (χ1) is 6.49. The van der Waals surface area contributed by atoms with Crippen LogP contribution in [-0.2, 0) is 4.74 Å². The minimum Gasteiger partial charge on any atom is -0.506 e. The van der Waals surface area contributed by atoms with E-state index in [4.69, 9.17) is 34.8 Å².